The van der Waals surface area contributed by atoms with Crippen molar-refractivity contribution in [3.63, 3.8) is 0 Å². The molecule has 0 unspecified atom stereocenters. The molecular weight excluding hydrogens is 310 g/mol. The number of nitrogens with zero attached hydrogens (tertiary/aromatic N) is 4. The van der Waals surface area contributed by atoms with Gasteiger partial charge < -0.3 is 10.2 Å². The van der Waals surface area contributed by atoms with Crippen LogP contribution in [0.5, 0.6) is 0 Å². The Kier molecular flexibility index (Phi) is 6.28. The first-order valence-electron chi connectivity index (χ1n) is 8.55. The van der Waals surface area contributed by atoms with Gasteiger partial charge in [0.1, 0.15) is 5.82 Å². The minimum atomic E-state index is 0.565. The molecule has 1 aromatic carbocycles. The molecule has 2 rings (SSSR count). The Morgan fingerprint density at radius 2 is 1.60 bits per heavy atom. The zero-order valence-corrected chi connectivity index (χ0v) is 15.6. The third kappa shape index (κ3) is 4.66. The van der Waals surface area contributed by atoms with Crippen LogP contribution in [0.15, 0.2) is 37.4 Å². The smallest absolute Gasteiger partial charge is 0.232 e. The maximum Gasteiger partial charge on any atom is 0.232 e. The highest BCUT2D eigenvalue weighted by Crippen LogP contribution is 2.25. The van der Waals surface area contributed by atoms with Crippen molar-refractivity contribution in [1.29, 1.82) is 0 Å². The van der Waals surface area contributed by atoms with Crippen molar-refractivity contribution in [2.45, 2.75) is 34.1 Å². The van der Waals surface area contributed by atoms with Crippen LogP contribution in [-0.2, 0) is 6.42 Å². The van der Waals surface area contributed by atoms with Crippen LogP contribution in [0.2, 0.25) is 0 Å². The number of aromatic nitrogens is 3. The van der Waals surface area contributed by atoms with E-state index in [1.165, 1.54) is 16.7 Å². The maximum absolute atomic E-state index is 4.62. The number of aryl methyl sites for hydroxylation is 4. The first-order valence-corrected chi connectivity index (χ1v) is 8.55. The molecule has 0 saturated heterocycles. The third-order valence-corrected chi connectivity index (χ3v) is 3.88. The van der Waals surface area contributed by atoms with Gasteiger partial charge in [-0.1, -0.05) is 36.8 Å². The molecule has 1 N–H and O–H groups in total. The molecule has 1 aromatic heterocycles. The molecule has 5 heteroatoms. The Morgan fingerprint density at radius 1 is 1.00 bits per heavy atom. The molecule has 0 spiro atoms. The van der Waals surface area contributed by atoms with Gasteiger partial charge in [-0.15, -0.1) is 13.2 Å². The summed E-state index contributed by atoms with van der Waals surface area (Å²) in [6, 6.07) is 4.31. The highest BCUT2D eigenvalue weighted by molar-refractivity contribution is 5.64. The molecule has 0 radical (unpaired) electrons. The minimum Gasteiger partial charge on any atom is -0.333 e. The normalized spacial score (nSPS) is 10.4. The summed E-state index contributed by atoms with van der Waals surface area (Å²) in [5, 5.41) is 3.38. The van der Waals surface area contributed by atoms with Crippen molar-refractivity contribution in [3.05, 3.63) is 60.0 Å². The number of rotatable bonds is 8. The van der Waals surface area contributed by atoms with Crippen LogP contribution in [0.1, 0.15) is 29.4 Å². The van der Waals surface area contributed by atoms with Gasteiger partial charge in [0.15, 0.2) is 0 Å². The lowest BCUT2D eigenvalue weighted by molar-refractivity contribution is 0.833. The second-order valence-corrected chi connectivity index (χ2v) is 6.11. The second kappa shape index (κ2) is 8.42. The molecule has 2 aromatic rings. The summed E-state index contributed by atoms with van der Waals surface area (Å²) in [5.41, 5.74) is 4.64. The van der Waals surface area contributed by atoms with Crippen LogP contribution < -0.4 is 10.2 Å². The molecule has 0 amide bonds. The zero-order chi connectivity index (χ0) is 18.4. The van der Waals surface area contributed by atoms with E-state index in [2.05, 4.69) is 66.3 Å². The number of hydrogen-bond acceptors (Lipinski definition) is 5. The van der Waals surface area contributed by atoms with E-state index < -0.39 is 0 Å². The Balaban J connectivity index is 2.43. The molecule has 25 heavy (non-hydrogen) atoms. The number of benzene rings is 1. The quantitative estimate of drug-likeness (QED) is 0.729. The highest BCUT2D eigenvalue weighted by atomic mass is 15.3. The zero-order valence-electron chi connectivity index (χ0n) is 15.6. The summed E-state index contributed by atoms with van der Waals surface area (Å²) in [6.07, 6.45) is 4.41. The van der Waals surface area contributed by atoms with Crippen molar-refractivity contribution >= 4 is 17.6 Å². The molecule has 0 aliphatic carbocycles. The fourth-order valence-electron chi connectivity index (χ4n) is 2.80. The van der Waals surface area contributed by atoms with Gasteiger partial charge in [0.2, 0.25) is 11.9 Å². The summed E-state index contributed by atoms with van der Waals surface area (Å²) in [5.74, 6) is 1.96. The van der Waals surface area contributed by atoms with Crippen molar-refractivity contribution in [2.75, 3.05) is 23.3 Å². The van der Waals surface area contributed by atoms with Crippen molar-refractivity contribution in [3.8, 4) is 0 Å². The lowest BCUT2D eigenvalue weighted by atomic mass is 10.1. The van der Waals surface area contributed by atoms with E-state index in [-0.39, 0.29) is 0 Å². The van der Waals surface area contributed by atoms with Crippen LogP contribution in [0.3, 0.4) is 0 Å². The Bertz CT molecular complexity index is 734. The molecule has 132 valence electrons. The minimum absolute atomic E-state index is 0.565. The van der Waals surface area contributed by atoms with Gasteiger partial charge in [-0.25, -0.2) is 0 Å². The van der Waals surface area contributed by atoms with Gasteiger partial charge >= 0.3 is 0 Å². The monoisotopic (exact) mass is 337 g/mol. The van der Waals surface area contributed by atoms with Gasteiger partial charge in [0, 0.05) is 25.2 Å². The van der Waals surface area contributed by atoms with Crippen molar-refractivity contribution in [1.82, 2.24) is 15.0 Å². The van der Waals surface area contributed by atoms with Crippen molar-refractivity contribution < 1.29 is 0 Å². The molecule has 0 saturated carbocycles. The molecule has 0 bridgehead atoms. The average Bonchev–Trinajstić information content (AvgIpc) is 2.57. The van der Waals surface area contributed by atoms with Crippen LogP contribution in [-0.4, -0.2) is 28.0 Å². The standard InChI is InChI=1S/C20H27N5/c1-7-10-25(11-8-2)20-22-17(9-3)21-19(24-20)23-18-15(5)12-14(4)13-16(18)6/h7-8,12-13H,1-2,9-11H2,3-6H3,(H,21,22,23,24). The summed E-state index contributed by atoms with van der Waals surface area (Å²) in [6.45, 7) is 17.2. The highest BCUT2D eigenvalue weighted by Gasteiger charge is 2.13. The lowest BCUT2D eigenvalue weighted by Crippen LogP contribution is -2.26. The first-order chi connectivity index (χ1) is 12.0. The Labute approximate surface area is 150 Å². The van der Waals surface area contributed by atoms with Crippen LogP contribution in [0, 0.1) is 20.8 Å². The van der Waals surface area contributed by atoms with E-state index in [1.807, 2.05) is 24.0 Å². The topological polar surface area (TPSA) is 53.9 Å². The van der Waals surface area contributed by atoms with E-state index in [9.17, 15) is 0 Å². The van der Waals surface area contributed by atoms with E-state index in [1.54, 1.807) is 0 Å². The van der Waals surface area contributed by atoms with Gasteiger partial charge in [-0.05, 0) is 31.9 Å². The molecular formula is C20H27N5. The molecule has 0 aliphatic rings. The number of hydrogen-bond donors (Lipinski definition) is 1. The van der Waals surface area contributed by atoms with Crippen LogP contribution in [0.4, 0.5) is 17.6 Å². The van der Waals surface area contributed by atoms with E-state index >= 15 is 0 Å². The fraction of sp³-hybridized carbons (Fsp3) is 0.350. The summed E-state index contributed by atoms with van der Waals surface area (Å²) in [7, 11) is 0. The molecule has 1 heterocycles. The maximum atomic E-state index is 4.62. The molecule has 0 aliphatic heterocycles. The average molecular weight is 337 g/mol. The largest absolute Gasteiger partial charge is 0.333 e. The fourth-order valence-corrected chi connectivity index (χ4v) is 2.80. The second-order valence-electron chi connectivity index (χ2n) is 6.11. The van der Waals surface area contributed by atoms with E-state index in [0.29, 0.717) is 25.0 Å². The summed E-state index contributed by atoms with van der Waals surface area (Å²) >= 11 is 0. The van der Waals surface area contributed by atoms with Crippen LogP contribution in [0.25, 0.3) is 0 Å². The van der Waals surface area contributed by atoms with Gasteiger partial charge in [0.05, 0.1) is 0 Å². The van der Waals surface area contributed by atoms with Gasteiger partial charge in [-0.3, -0.25) is 0 Å². The summed E-state index contributed by atoms with van der Waals surface area (Å²) in [4.78, 5) is 15.7. The molecule has 0 fully saturated rings. The SMILES string of the molecule is C=CCN(CC=C)c1nc(CC)nc(Nc2c(C)cc(C)cc2C)n1. The number of nitrogens with one attached hydrogen (secondary N) is 1. The Hall–Kier alpha value is -2.69. The first kappa shape index (κ1) is 18.6. The predicted molar refractivity (Wildman–Crippen MR) is 106 cm³/mol. The van der Waals surface area contributed by atoms with Gasteiger partial charge in [0.25, 0.3) is 0 Å². The summed E-state index contributed by atoms with van der Waals surface area (Å²) < 4.78 is 0. The van der Waals surface area contributed by atoms with Crippen molar-refractivity contribution in [2.24, 2.45) is 0 Å². The molecule has 0 atom stereocenters. The van der Waals surface area contributed by atoms with Crippen LogP contribution >= 0.6 is 0 Å². The van der Waals surface area contributed by atoms with Gasteiger partial charge in [-0.2, -0.15) is 15.0 Å². The third-order valence-electron chi connectivity index (χ3n) is 3.88. The van der Waals surface area contributed by atoms with E-state index in [4.69, 9.17) is 0 Å². The van der Waals surface area contributed by atoms with E-state index in [0.717, 1.165) is 17.9 Å². The number of anilines is 3. The molecule has 5 nitrogen and oxygen atoms in total. The predicted octanol–water partition coefficient (Wildman–Crippen LogP) is 4.28. The Morgan fingerprint density at radius 3 is 2.12 bits per heavy atom. The lowest BCUT2D eigenvalue weighted by Gasteiger charge is -2.20.